The van der Waals surface area contributed by atoms with Crippen molar-refractivity contribution in [2.75, 3.05) is 18.9 Å². The Labute approximate surface area is 128 Å². The number of rotatable bonds is 11. The van der Waals surface area contributed by atoms with Crippen LogP contribution in [0.2, 0.25) is 0 Å². The van der Waals surface area contributed by atoms with Crippen LogP contribution >= 0.6 is 0 Å². The summed E-state index contributed by atoms with van der Waals surface area (Å²) >= 11 is 0. The van der Waals surface area contributed by atoms with Gasteiger partial charge in [0.1, 0.15) is 18.5 Å². The number of hydrogen-bond donors (Lipinski definition) is 2. The van der Waals surface area contributed by atoms with Crippen LogP contribution in [0.15, 0.2) is 24.3 Å². The van der Waals surface area contributed by atoms with Crippen LogP contribution in [0.1, 0.15) is 46.0 Å². The summed E-state index contributed by atoms with van der Waals surface area (Å²) in [5, 5.41) is 9.87. The number of anilines is 1. The lowest BCUT2D eigenvalue weighted by Gasteiger charge is -2.17. The summed E-state index contributed by atoms with van der Waals surface area (Å²) in [5.41, 5.74) is 6.35. The topological polar surface area (TPSA) is 64.7 Å². The number of ether oxygens (including phenoxy) is 2. The van der Waals surface area contributed by atoms with Crippen LogP contribution < -0.4 is 10.5 Å². The molecule has 4 heteroatoms. The average molecular weight is 295 g/mol. The third kappa shape index (κ3) is 7.93. The molecule has 120 valence electrons. The van der Waals surface area contributed by atoms with E-state index in [2.05, 4.69) is 13.8 Å². The number of nitrogens with two attached hydrogens (primary N) is 1. The van der Waals surface area contributed by atoms with Gasteiger partial charge in [-0.25, -0.2) is 0 Å². The van der Waals surface area contributed by atoms with Gasteiger partial charge >= 0.3 is 0 Å². The number of aliphatic hydroxyl groups excluding tert-OH is 1. The standard InChI is InChI=1S/C17H29NO3/c1-3-4-5-6-9-14(2)20-12-15(19)13-21-17-11-8-7-10-16(17)18/h7-8,10-11,14-15,19H,3-6,9,12-13,18H2,1-2H3. The molecular formula is C17H29NO3. The summed E-state index contributed by atoms with van der Waals surface area (Å²) in [5.74, 6) is 0.601. The van der Waals surface area contributed by atoms with Crippen molar-refractivity contribution in [1.82, 2.24) is 0 Å². The molecule has 0 aliphatic rings. The minimum atomic E-state index is -0.636. The monoisotopic (exact) mass is 295 g/mol. The molecule has 1 rings (SSSR count). The molecule has 0 aliphatic heterocycles. The zero-order valence-electron chi connectivity index (χ0n) is 13.3. The maximum atomic E-state index is 9.87. The molecule has 0 bridgehead atoms. The van der Waals surface area contributed by atoms with Crippen molar-refractivity contribution in [3.63, 3.8) is 0 Å². The van der Waals surface area contributed by atoms with Gasteiger partial charge in [0.05, 0.1) is 18.4 Å². The second-order valence-corrected chi connectivity index (χ2v) is 5.50. The van der Waals surface area contributed by atoms with Gasteiger partial charge in [-0.2, -0.15) is 0 Å². The second kappa shape index (κ2) is 10.5. The predicted molar refractivity (Wildman–Crippen MR) is 86.5 cm³/mol. The Kier molecular flexibility index (Phi) is 8.87. The van der Waals surface area contributed by atoms with Crippen molar-refractivity contribution in [2.45, 2.75) is 58.2 Å². The Morgan fingerprint density at radius 1 is 1.14 bits per heavy atom. The van der Waals surface area contributed by atoms with E-state index in [4.69, 9.17) is 15.2 Å². The van der Waals surface area contributed by atoms with Gasteiger partial charge in [0.2, 0.25) is 0 Å². The van der Waals surface area contributed by atoms with E-state index >= 15 is 0 Å². The van der Waals surface area contributed by atoms with Gasteiger partial charge in [-0.3, -0.25) is 0 Å². The number of para-hydroxylation sites is 2. The van der Waals surface area contributed by atoms with E-state index in [9.17, 15) is 5.11 Å². The van der Waals surface area contributed by atoms with Crippen LogP contribution in [0.5, 0.6) is 5.75 Å². The number of hydrogen-bond acceptors (Lipinski definition) is 4. The van der Waals surface area contributed by atoms with E-state index < -0.39 is 6.10 Å². The fourth-order valence-electron chi connectivity index (χ4n) is 2.06. The molecule has 0 fully saturated rings. The summed E-state index contributed by atoms with van der Waals surface area (Å²) in [4.78, 5) is 0. The number of unbranched alkanes of at least 4 members (excludes halogenated alkanes) is 3. The lowest BCUT2D eigenvalue weighted by atomic mass is 10.1. The van der Waals surface area contributed by atoms with Crippen LogP contribution in [0, 0.1) is 0 Å². The van der Waals surface area contributed by atoms with Gasteiger partial charge in [0.15, 0.2) is 0 Å². The van der Waals surface area contributed by atoms with Crippen molar-refractivity contribution < 1.29 is 14.6 Å². The lowest BCUT2D eigenvalue weighted by Crippen LogP contribution is -2.26. The Balaban J connectivity index is 2.13. The second-order valence-electron chi connectivity index (χ2n) is 5.50. The highest BCUT2D eigenvalue weighted by molar-refractivity contribution is 5.51. The zero-order chi connectivity index (χ0) is 15.5. The number of benzene rings is 1. The van der Waals surface area contributed by atoms with Crippen LogP contribution in [0.3, 0.4) is 0 Å². The minimum absolute atomic E-state index is 0.179. The Bertz CT molecular complexity index is 384. The summed E-state index contributed by atoms with van der Waals surface area (Å²) < 4.78 is 11.1. The molecule has 0 heterocycles. The minimum Gasteiger partial charge on any atom is -0.489 e. The molecule has 0 saturated heterocycles. The molecule has 4 nitrogen and oxygen atoms in total. The van der Waals surface area contributed by atoms with E-state index in [0.29, 0.717) is 18.0 Å². The highest BCUT2D eigenvalue weighted by Crippen LogP contribution is 2.19. The molecule has 21 heavy (non-hydrogen) atoms. The van der Waals surface area contributed by atoms with Crippen molar-refractivity contribution in [3.05, 3.63) is 24.3 Å². The third-order valence-corrected chi connectivity index (χ3v) is 3.39. The summed E-state index contributed by atoms with van der Waals surface area (Å²) in [6, 6.07) is 7.27. The number of nitrogen functional groups attached to an aromatic ring is 1. The Morgan fingerprint density at radius 2 is 1.90 bits per heavy atom. The number of aliphatic hydroxyl groups is 1. The van der Waals surface area contributed by atoms with Gasteiger partial charge in [0, 0.05) is 0 Å². The van der Waals surface area contributed by atoms with E-state index in [1.54, 1.807) is 12.1 Å². The molecule has 2 unspecified atom stereocenters. The highest BCUT2D eigenvalue weighted by Gasteiger charge is 2.10. The van der Waals surface area contributed by atoms with E-state index in [1.807, 2.05) is 12.1 Å². The van der Waals surface area contributed by atoms with Gasteiger partial charge < -0.3 is 20.3 Å². The first-order valence-electron chi connectivity index (χ1n) is 7.90. The van der Waals surface area contributed by atoms with Gasteiger partial charge in [-0.15, -0.1) is 0 Å². The maximum Gasteiger partial charge on any atom is 0.142 e. The van der Waals surface area contributed by atoms with Gasteiger partial charge in [-0.1, -0.05) is 44.7 Å². The first kappa shape index (κ1) is 17.8. The largest absolute Gasteiger partial charge is 0.489 e. The van der Waals surface area contributed by atoms with Crippen LogP contribution in [0.4, 0.5) is 5.69 Å². The molecule has 0 aromatic heterocycles. The molecule has 1 aromatic rings. The molecule has 3 N–H and O–H groups in total. The first-order valence-corrected chi connectivity index (χ1v) is 7.90. The molecule has 0 spiro atoms. The summed E-state index contributed by atoms with van der Waals surface area (Å²) in [6.07, 6.45) is 5.54. The lowest BCUT2D eigenvalue weighted by molar-refractivity contribution is -0.0213. The van der Waals surface area contributed by atoms with Crippen molar-refractivity contribution in [3.8, 4) is 5.75 Å². The summed E-state index contributed by atoms with van der Waals surface area (Å²) in [6.45, 7) is 4.74. The quantitative estimate of drug-likeness (QED) is 0.485. The highest BCUT2D eigenvalue weighted by atomic mass is 16.5. The molecule has 0 aliphatic carbocycles. The Morgan fingerprint density at radius 3 is 2.62 bits per heavy atom. The van der Waals surface area contributed by atoms with Crippen LogP contribution in [-0.2, 0) is 4.74 Å². The third-order valence-electron chi connectivity index (χ3n) is 3.39. The molecule has 0 saturated carbocycles. The molecule has 1 aromatic carbocycles. The molecule has 0 amide bonds. The normalized spacial score (nSPS) is 13.9. The van der Waals surface area contributed by atoms with Crippen molar-refractivity contribution in [1.29, 1.82) is 0 Å². The maximum absolute atomic E-state index is 9.87. The fraction of sp³-hybridized carbons (Fsp3) is 0.647. The first-order chi connectivity index (χ1) is 10.1. The van der Waals surface area contributed by atoms with Gasteiger partial charge in [-0.05, 0) is 25.5 Å². The molecular weight excluding hydrogens is 266 g/mol. The molecule has 2 atom stereocenters. The predicted octanol–water partition coefficient (Wildman–Crippen LogP) is 3.38. The smallest absolute Gasteiger partial charge is 0.142 e. The zero-order valence-corrected chi connectivity index (χ0v) is 13.3. The van der Waals surface area contributed by atoms with Crippen molar-refractivity contribution >= 4 is 5.69 Å². The SMILES string of the molecule is CCCCCCC(C)OCC(O)COc1ccccc1N. The van der Waals surface area contributed by atoms with Crippen LogP contribution in [-0.4, -0.2) is 30.5 Å². The van der Waals surface area contributed by atoms with Crippen LogP contribution in [0.25, 0.3) is 0 Å². The van der Waals surface area contributed by atoms with E-state index in [-0.39, 0.29) is 12.7 Å². The van der Waals surface area contributed by atoms with E-state index in [1.165, 1.54) is 25.7 Å². The van der Waals surface area contributed by atoms with Crippen molar-refractivity contribution in [2.24, 2.45) is 0 Å². The van der Waals surface area contributed by atoms with Gasteiger partial charge in [0.25, 0.3) is 0 Å². The average Bonchev–Trinajstić information content (AvgIpc) is 2.48. The Hall–Kier alpha value is -1.26. The summed E-state index contributed by atoms with van der Waals surface area (Å²) in [7, 11) is 0. The fourth-order valence-corrected chi connectivity index (χ4v) is 2.06. The van der Waals surface area contributed by atoms with E-state index in [0.717, 1.165) is 6.42 Å². The molecule has 0 radical (unpaired) electrons.